The molecule has 8 heteroatoms. The largest absolute Gasteiger partial charge is 0.477 e. The molecule has 0 saturated heterocycles. The molecule has 0 amide bonds. The lowest BCUT2D eigenvalue weighted by atomic mass is 10.1. The van der Waals surface area contributed by atoms with Crippen molar-refractivity contribution in [2.45, 2.75) is 18.8 Å². The van der Waals surface area contributed by atoms with Crippen LogP contribution in [0.4, 0.5) is 16.5 Å². The first kappa shape index (κ1) is 13.5. The number of anilines is 2. The number of nitro benzene ring substituents is 1. The molecule has 1 aliphatic carbocycles. The highest BCUT2D eigenvalue weighted by Crippen LogP contribution is 2.41. The maximum Gasteiger partial charge on any atom is 0.342 e. The van der Waals surface area contributed by atoms with E-state index in [2.05, 4.69) is 10.3 Å². The fraction of sp³-hybridized carbons (Fsp3) is 0.231. The molecule has 0 atom stereocenters. The molecule has 1 aromatic carbocycles. The normalized spacial score (nSPS) is 13.9. The zero-order valence-corrected chi connectivity index (χ0v) is 11.6. The Bertz CT molecular complexity index is 724. The molecule has 0 radical (unpaired) electrons. The average Bonchev–Trinajstić information content (AvgIpc) is 3.19. The average molecular weight is 305 g/mol. The van der Waals surface area contributed by atoms with Gasteiger partial charge in [-0.25, -0.2) is 9.78 Å². The Morgan fingerprint density at radius 3 is 2.86 bits per heavy atom. The first-order valence-electron chi connectivity index (χ1n) is 6.29. The Morgan fingerprint density at radius 1 is 1.48 bits per heavy atom. The molecule has 1 aliphatic rings. The predicted octanol–water partition coefficient (Wildman–Crippen LogP) is 3.37. The molecule has 0 aliphatic heterocycles. The summed E-state index contributed by atoms with van der Waals surface area (Å²) in [6.07, 6.45) is 2.31. The molecule has 0 spiro atoms. The van der Waals surface area contributed by atoms with Gasteiger partial charge in [-0.2, -0.15) is 0 Å². The molecule has 0 unspecified atom stereocenters. The van der Waals surface area contributed by atoms with Gasteiger partial charge in [0.1, 0.15) is 5.56 Å². The van der Waals surface area contributed by atoms with Crippen molar-refractivity contribution in [3.63, 3.8) is 0 Å². The Labute approximate surface area is 123 Å². The van der Waals surface area contributed by atoms with Crippen LogP contribution in [-0.2, 0) is 0 Å². The molecule has 1 saturated carbocycles. The van der Waals surface area contributed by atoms with Gasteiger partial charge in [0.2, 0.25) is 0 Å². The van der Waals surface area contributed by atoms with Crippen LogP contribution < -0.4 is 5.32 Å². The third kappa shape index (κ3) is 2.84. The minimum atomic E-state index is -1.32. The van der Waals surface area contributed by atoms with Crippen LogP contribution >= 0.6 is 11.3 Å². The molecule has 2 N–H and O–H groups in total. The van der Waals surface area contributed by atoms with Crippen molar-refractivity contribution in [1.82, 2.24) is 4.98 Å². The summed E-state index contributed by atoms with van der Waals surface area (Å²) in [6.45, 7) is 0. The first-order valence-corrected chi connectivity index (χ1v) is 7.17. The molecular weight excluding hydrogens is 294 g/mol. The fourth-order valence-corrected chi connectivity index (χ4v) is 2.79. The maximum atomic E-state index is 10.9. The lowest BCUT2D eigenvalue weighted by Gasteiger charge is -2.04. The van der Waals surface area contributed by atoms with Crippen molar-refractivity contribution in [1.29, 1.82) is 0 Å². The molecule has 0 bridgehead atoms. The van der Waals surface area contributed by atoms with Gasteiger partial charge in [0.15, 0.2) is 5.13 Å². The van der Waals surface area contributed by atoms with E-state index in [0.717, 1.165) is 18.5 Å². The van der Waals surface area contributed by atoms with Gasteiger partial charge in [0.05, 0.1) is 10.6 Å². The molecular formula is C13H11N3O4S. The lowest BCUT2D eigenvalue weighted by Crippen LogP contribution is -2.03. The lowest BCUT2D eigenvalue weighted by molar-refractivity contribution is -0.385. The number of aromatic carboxylic acids is 1. The number of nitro groups is 1. The van der Waals surface area contributed by atoms with Crippen LogP contribution in [0.25, 0.3) is 0 Å². The number of hydrogen-bond acceptors (Lipinski definition) is 6. The quantitative estimate of drug-likeness (QED) is 0.648. The highest BCUT2D eigenvalue weighted by Gasteiger charge is 2.26. The Morgan fingerprint density at radius 2 is 2.24 bits per heavy atom. The van der Waals surface area contributed by atoms with E-state index in [9.17, 15) is 14.9 Å². The minimum Gasteiger partial charge on any atom is -0.477 e. The number of nitrogens with one attached hydrogen (secondary N) is 1. The summed E-state index contributed by atoms with van der Waals surface area (Å²) in [5, 5.41) is 25.5. The third-order valence-corrected chi connectivity index (χ3v) is 3.97. The van der Waals surface area contributed by atoms with Crippen LogP contribution in [0, 0.1) is 10.1 Å². The van der Waals surface area contributed by atoms with Gasteiger partial charge in [-0.1, -0.05) is 0 Å². The number of carbonyl (C=O) groups is 1. The van der Waals surface area contributed by atoms with Gasteiger partial charge >= 0.3 is 5.97 Å². The summed E-state index contributed by atoms with van der Waals surface area (Å²) >= 11 is 1.43. The summed E-state index contributed by atoms with van der Waals surface area (Å²) in [5.41, 5.74) is 0.720. The smallest absolute Gasteiger partial charge is 0.342 e. The van der Waals surface area contributed by atoms with E-state index in [1.54, 1.807) is 0 Å². The second-order valence-electron chi connectivity index (χ2n) is 4.77. The van der Waals surface area contributed by atoms with Crippen LogP contribution in [0.3, 0.4) is 0 Å². The van der Waals surface area contributed by atoms with Gasteiger partial charge in [-0.3, -0.25) is 10.1 Å². The van der Waals surface area contributed by atoms with Crippen LogP contribution in [0.2, 0.25) is 0 Å². The monoisotopic (exact) mass is 305 g/mol. The van der Waals surface area contributed by atoms with E-state index >= 15 is 0 Å². The van der Waals surface area contributed by atoms with E-state index in [-0.39, 0.29) is 5.56 Å². The standard InChI is InChI=1S/C13H11N3O4S/c17-12(18)9-4-3-8(5-11(9)16(19)20)14-13-15-10(6-21-13)7-1-2-7/h3-7H,1-2H2,(H,14,15)(H,17,18). The molecule has 1 fully saturated rings. The van der Waals surface area contributed by atoms with E-state index in [1.165, 1.54) is 29.5 Å². The van der Waals surface area contributed by atoms with Crippen LogP contribution in [0.1, 0.15) is 34.8 Å². The highest BCUT2D eigenvalue weighted by atomic mass is 32.1. The minimum absolute atomic E-state index is 0.330. The zero-order valence-electron chi connectivity index (χ0n) is 10.8. The van der Waals surface area contributed by atoms with E-state index in [0.29, 0.717) is 16.7 Å². The molecule has 3 rings (SSSR count). The summed E-state index contributed by atoms with van der Waals surface area (Å²) in [4.78, 5) is 25.6. The Hall–Kier alpha value is -2.48. The third-order valence-electron chi connectivity index (χ3n) is 3.19. The van der Waals surface area contributed by atoms with E-state index in [1.807, 2.05) is 5.38 Å². The van der Waals surface area contributed by atoms with Gasteiger partial charge in [0.25, 0.3) is 5.69 Å². The van der Waals surface area contributed by atoms with Gasteiger partial charge in [0, 0.05) is 23.1 Å². The Kier molecular flexibility index (Phi) is 3.30. The fourth-order valence-electron chi connectivity index (χ4n) is 1.97. The molecule has 1 aromatic heterocycles. The second kappa shape index (κ2) is 5.13. The predicted molar refractivity (Wildman–Crippen MR) is 77.4 cm³/mol. The molecule has 21 heavy (non-hydrogen) atoms. The van der Waals surface area contributed by atoms with Gasteiger partial charge in [-0.15, -0.1) is 11.3 Å². The van der Waals surface area contributed by atoms with Crippen LogP contribution in [0.15, 0.2) is 23.6 Å². The second-order valence-corrected chi connectivity index (χ2v) is 5.63. The van der Waals surface area contributed by atoms with Crippen molar-refractivity contribution >= 4 is 33.8 Å². The first-order chi connectivity index (χ1) is 10.0. The van der Waals surface area contributed by atoms with Crippen LogP contribution in [-0.4, -0.2) is 21.0 Å². The van der Waals surface area contributed by atoms with Gasteiger partial charge in [-0.05, 0) is 25.0 Å². The van der Waals surface area contributed by atoms with Crippen molar-refractivity contribution in [2.75, 3.05) is 5.32 Å². The number of benzene rings is 1. The Balaban J connectivity index is 1.85. The number of thiazole rings is 1. The molecule has 2 aromatic rings. The number of carboxylic acids is 1. The molecule has 7 nitrogen and oxygen atoms in total. The van der Waals surface area contributed by atoms with Crippen molar-refractivity contribution in [3.05, 3.63) is 45.0 Å². The summed E-state index contributed by atoms with van der Waals surface area (Å²) in [5.74, 6) is -0.779. The number of carboxylic acid groups (broad SMARTS) is 1. The number of rotatable bonds is 5. The number of hydrogen-bond donors (Lipinski definition) is 2. The zero-order chi connectivity index (χ0) is 15.0. The van der Waals surface area contributed by atoms with Crippen molar-refractivity contribution < 1.29 is 14.8 Å². The SMILES string of the molecule is O=C(O)c1ccc(Nc2nc(C3CC3)cs2)cc1[N+](=O)[O-]. The summed E-state index contributed by atoms with van der Waals surface area (Å²) in [7, 11) is 0. The molecule has 108 valence electrons. The van der Waals surface area contributed by atoms with E-state index < -0.39 is 16.6 Å². The topological polar surface area (TPSA) is 105 Å². The van der Waals surface area contributed by atoms with Crippen LogP contribution in [0.5, 0.6) is 0 Å². The van der Waals surface area contributed by atoms with Crippen molar-refractivity contribution in [3.8, 4) is 0 Å². The van der Waals surface area contributed by atoms with Crippen molar-refractivity contribution in [2.24, 2.45) is 0 Å². The maximum absolute atomic E-state index is 10.9. The summed E-state index contributed by atoms with van der Waals surface area (Å²) < 4.78 is 0. The number of aromatic nitrogens is 1. The number of nitrogens with zero attached hydrogens (tertiary/aromatic N) is 2. The van der Waals surface area contributed by atoms with E-state index in [4.69, 9.17) is 5.11 Å². The summed E-state index contributed by atoms with van der Waals surface area (Å²) in [6, 6.07) is 3.93. The van der Waals surface area contributed by atoms with Gasteiger partial charge < -0.3 is 10.4 Å². The molecule has 1 heterocycles. The highest BCUT2D eigenvalue weighted by molar-refractivity contribution is 7.13.